The topological polar surface area (TPSA) is 25.8 Å². The highest BCUT2D eigenvalue weighted by molar-refractivity contribution is 6.91. The minimum atomic E-state index is -2.06. The lowest BCUT2D eigenvalue weighted by molar-refractivity contribution is 0.756. The molecule has 0 aliphatic heterocycles. The second-order valence-corrected chi connectivity index (χ2v) is 29.8. The number of hydrogen-bond donors (Lipinski definition) is 0. The fourth-order valence-electron chi connectivity index (χ4n) is 11.7. The predicted octanol–water partition coefficient (Wildman–Crippen LogP) is 14.1. The fourth-order valence-corrected chi connectivity index (χ4v) is 22.1. The minimum absolute atomic E-state index is 0.178. The lowest BCUT2D eigenvalue weighted by Crippen LogP contribution is -2.43. The van der Waals surface area contributed by atoms with Crippen LogP contribution in [0.2, 0.25) is 33.2 Å². The molecule has 0 saturated heterocycles. The molecule has 2 nitrogen and oxygen atoms in total. The molecule has 284 valence electrons. The third kappa shape index (κ3) is 5.58. The lowest BCUT2D eigenvalue weighted by Gasteiger charge is -2.42. The molecule has 5 aromatic carbocycles. The molecule has 0 amide bonds. The van der Waals surface area contributed by atoms with Gasteiger partial charge in [-0.15, -0.1) is 11.1 Å². The van der Waals surface area contributed by atoms with E-state index in [1.54, 1.807) is 0 Å². The number of fused-ring (bicyclic) bond motifs is 3. The number of nitrogens with zero attached hydrogens (tertiary/aromatic N) is 2. The van der Waals surface area contributed by atoms with Crippen LogP contribution in [0.15, 0.2) is 84.9 Å². The van der Waals surface area contributed by atoms with Crippen LogP contribution in [0.25, 0.3) is 32.8 Å². The Kier molecular flexibility index (Phi) is 9.71. The average molecular weight is 767 g/mol. The van der Waals surface area contributed by atoms with E-state index in [1.807, 2.05) is 0 Å². The van der Waals surface area contributed by atoms with Crippen molar-refractivity contribution in [2.75, 3.05) is 0 Å². The Morgan fingerprint density at radius 2 is 0.696 bits per heavy atom. The summed E-state index contributed by atoms with van der Waals surface area (Å²) >= 11 is 0. The van der Waals surface area contributed by atoms with Gasteiger partial charge in [-0.3, -0.25) is 0 Å². The Balaban J connectivity index is 1.49. The smallest absolute Gasteiger partial charge is 0.146 e. The molecule has 9 rings (SSSR count). The Morgan fingerprint density at radius 1 is 0.411 bits per heavy atom. The number of rotatable bonds is 6. The Bertz CT molecular complexity index is 2380. The van der Waals surface area contributed by atoms with E-state index in [0.29, 0.717) is 33.2 Å². The summed E-state index contributed by atoms with van der Waals surface area (Å²) in [6, 6.07) is 31.6. The summed E-state index contributed by atoms with van der Waals surface area (Å²) in [5.74, 6) is 8.20. The van der Waals surface area contributed by atoms with E-state index in [2.05, 4.69) is 191 Å². The highest BCUT2D eigenvalue weighted by Crippen LogP contribution is 2.56. The second kappa shape index (κ2) is 14.2. The van der Waals surface area contributed by atoms with Crippen LogP contribution in [-0.4, -0.2) is 26.1 Å². The van der Waals surface area contributed by atoms with Crippen molar-refractivity contribution in [2.45, 2.75) is 128 Å². The number of aromatic nitrogens is 2. The minimum Gasteiger partial charge on any atom is -0.243 e. The van der Waals surface area contributed by atoms with Gasteiger partial charge < -0.3 is 0 Å². The quantitative estimate of drug-likeness (QED) is 0.0957. The Hall–Kier alpha value is -4.49. The predicted molar refractivity (Wildman–Crippen MR) is 245 cm³/mol. The van der Waals surface area contributed by atoms with Gasteiger partial charge in [0, 0.05) is 22.6 Å². The second-order valence-electron chi connectivity index (χ2n) is 18.6. The zero-order valence-corrected chi connectivity index (χ0v) is 37.6. The molecule has 3 aliphatic rings. The van der Waals surface area contributed by atoms with Gasteiger partial charge in [0.25, 0.3) is 0 Å². The van der Waals surface area contributed by atoms with Gasteiger partial charge in [-0.2, -0.15) is 0 Å². The number of benzene rings is 5. The van der Waals surface area contributed by atoms with Crippen LogP contribution in [0.5, 0.6) is 0 Å². The zero-order chi connectivity index (χ0) is 39.8. The molecule has 0 fully saturated rings. The molecule has 0 atom stereocenters. The van der Waals surface area contributed by atoms with Gasteiger partial charge in [0.15, 0.2) is 0 Å². The molecule has 2 bridgehead atoms. The van der Waals surface area contributed by atoms with E-state index in [9.17, 15) is 0 Å². The van der Waals surface area contributed by atoms with Crippen molar-refractivity contribution >= 4 is 49.0 Å². The van der Waals surface area contributed by atoms with E-state index in [0.717, 1.165) is 44.0 Å². The monoisotopic (exact) mass is 766 g/mol. The molecule has 0 saturated carbocycles. The lowest BCUT2D eigenvalue weighted by atomic mass is 9.61. The highest BCUT2D eigenvalue weighted by Gasteiger charge is 2.44. The van der Waals surface area contributed by atoms with Crippen molar-refractivity contribution in [3.63, 3.8) is 0 Å². The van der Waals surface area contributed by atoms with Crippen molar-refractivity contribution in [3.8, 4) is 22.9 Å². The molecule has 0 radical (unpaired) electrons. The maximum absolute atomic E-state index is 5.67. The molecule has 0 spiro atoms. The first kappa shape index (κ1) is 38.4. The maximum Gasteiger partial charge on any atom is 0.146 e. The average Bonchev–Trinajstić information content (AvgIpc) is 3.16. The van der Waals surface area contributed by atoms with Crippen LogP contribution in [0.3, 0.4) is 0 Å². The molecule has 0 unspecified atom stereocenters. The van der Waals surface area contributed by atoms with Crippen LogP contribution in [0.1, 0.15) is 139 Å². The standard InChI is InChI=1S/C52H58N2Si2/c1-31(2)55(32(3)4,33(5)6)27-25-43-37-19-13-14-20-38(37)44(26-28-56(34(7)8,35(9)10)36(11)12)52-51(43)53-47-29-45-46(30-48(47)54-52)50-41-23-17-15-21-39(41)49(45)40-22-16-18-24-42(40)50/h13-24,29-36,49-50H,1-12H3. The highest BCUT2D eigenvalue weighted by atomic mass is 28.3. The van der Waals surface area contributed by atoms with Gasteiger partial charge in [0.2, 0.25) is 0 Å². The summed E-state index contributed by atoms with van der Waals surface area (Å²) in [7, 11) is -4.12. The van der Waals surface area contributed by atoms with E-state index in [4.69, 9.17) is 9.97 Å². The molecule has 56 heavy (non-hydrogen) atoms. The molecule has 4 heteroatoms. The zero-order valence-electron chi connectivity index (χ0n) is 35.6. The van der Waals surface area contributed by atoms with Crippen molar-refractivity contribution < 1.29 is 0 Å². The van der Waals surface area contributed by atoms with Crippen LogP contribution < -0.4 is 0 Å². The third-order valence-corrected chi connectivity index (χ3v) is 26.8. The molecule has 3 aliphatic carbocycles. The normalized spacial score (nSPS) is 16.2. The maximum atomic E-state index is 5.67. The summed E-state index contributed by atoms with van der Waals surface area (Å²) in [6.07, 6.45) is 0. The van der Waals surface area contributed by atoms with E-state index in [-0.39, 0.29) is 11.8 Å². The SMILES string of the molecule is CC(C)[Si](C#Cc1c2ccccc2c(C#C[Si](C(C)C)(C(C)C)C(C)C)c2nc3cc4c(cc3nc12)C1c2ccccc2C4c2ccccc21)(C(C)C)C(C)C. The van der Waals surface area contributed by atoms with Gasteiger partial charge in [0.05, 0.1) is 22.2 Å². The van der Waals surface area contributed by atoms with Crippen LogP contribution in [0, 0.1) is 22.9 Å². The van der Waals surface area contributed by atoms with Gasteiger partial charge >= 0.3 is 0 Å². The van der Waals surface area contributed by atoms with Crippen molar-refractivity contribution in [1.82, 2.24) is 9.97 Å². The van der Waals surface area contributed by atoms with Crippen LogP contribution in [-0.2, 0) is 0 Å². The van der Waals surface area contributed by atoms with Gasteiger partial charge in [-0.05, 0) is 78.8 Å². The van der Waals surface area contributed by atoms with Gasteiger partial charge in [-0.25, -0.2) is 9.97 Å². The summed E-state index contributed by atoms with van der Waals surface area (Å²) in [5.41, 5.74) is 25.4. The van der Waals surface area contributed by atoms with Gasteiger partial charge in [-0.1, -0.05) is 168 Å². The first-order valence-corrected chi connectivity index (χ1v) is 25.6. The summed E-state index contributed by atoms with van der Waals surface area (Å²) in [4.78, 5) is 11.3. The van der Waals surface area contributed by atoms with Crippen LogP contribution in [0.4, 0.5) is 0 Å². The molecular weight excluding hydrogens is 709 g/mol. The molecule has 1 aromatic heterocycles. The number of hydrogen-bond acceptors (Lipinski definition) is 2. The summed E-state index contributed by atoms with van der Waals surface area (Å²) in [6.45, 7) is 28.7. The largest absolute Gasteiger partial charge is 0.243 e. The van der Waals surface area contributed by atoms with Crippen molar-refractivity contribution in [3.05, 3.63) is 129 Å². The van der Waals surface area contributed by atoms with Gasteiger partial charge in [0.1, 0.15) is 27.2 Å². The fraction of sp³-hybridized carbons (Fsp3) is 0.385. The van der Waals surface area contributed by atoms with E-state index in [1.165, 1.54) is 33.4 Å². The van der Waals surface area contributed by atoms with E-state index >= 15 is 0 Å². The van der Waals surface area contributed by atoms with Crippen molar-refractivity contribution in [1.29, 1.82) is 0 Å². The first-order chi connectivity index (χ1) is 26.7. The first-order valence-electron chi connectivity index (χ1n) is 21.2. The Labute approximate surface area is 338 Å². The van der Waals surface area contributed by atoms with Crippen molar-refractivity contribution in [2.24, 2.45) is 0 Å². The molecular formula is C52H58N2Si2. The van der Waals surface area contributed by atoms with Crippen LogP contribution >= 0.6 is 0 Å². The third-order valence-electron chi connectivity index (χ3n) is 14.2. The molecule has 6 aromatic rings. The summed E-state index contributed by atoms with van der Waals surface area (Å²) in [5, 5.41) is 2.27. The Morgan fingerprint density at radius 3 is 0.982 bits per heavy atom. The molecule has 0 N–H and O–H groups in total. The summed E-state index contributed by atoms with van der Waals surface area (Å²) < 4.78 is 0. The molecule has 1 heterocycles. The van der Waals surface area contributed by atoms with E-state index < -0.39 is 16.1 Å².